The van der Waals surface area contributed by atoms with Crippen LogP contribution in [0.1, 0.15) is 6.92 Å². The van der Waals surface area contributed by atoms with Gasteiger partial charge in [-0.25, -0.2) is 4.39 Å². The second-order valence-electron chi connectivity index (χ2n) is 2.39. The Morgan fingerprint density at radius 1 is 1.45 bits per heavy atom. The van der Waals surface area contributed by atoms with Gasteiger partial charge < -0.3 is 5.41 Å². The molecule has 1 aliphatic rings. The predicted molar refractivity (Wildman–Crippen MR) is 31.1 cm³/mol. The molecule has 1 unspecified atom stereocenters. The summed E-state index contributed by atoms with van der Waals surface area (Å²) in [5.74, 6) is -1.24. The largest absolute Gasteiger partial charge is 0.409 e. The van der Waals surface area contributed by atoms with Crippen molar-refractivity contribution in [1.29, 1.82) is 5.41 Å². The summed E-state index contributed by atoms with van der Waals surface area (Å²) in [7, 11) is 0. The molecule has 0 radical (unpaired) electrons. The van der Waals surface area contributed by atoms with E-state index in [1.807, 2.05) is 0 Å². The van der Waals surface area contributed by atoms with Gasteiger partial charge in [-0.2, -0.15) is 13.2 Å². The third kappa shape index (κ3) is 0.735. The monoisotopic (exact) mass is 167 g/mol. The van der Waals surface area contributed by atoms with Crippen LogP contribution in [-0.4, -0.2) is 12.4 Å². The fraction of sp³-hybridized carbons (Fsp3) is 0.500. The van der Waals surface area contributed by atoms with Gasteiger partial charge in [-0.15, -0.1) is 0 Å². The van der Waals surface area contributed by atoms with Gasteiger partial charge in [0.15, 0.2) is 5.41 Å². The smallest absolute Gasteiger partial charge is 0.311 e. The molecule has 0 amide bonds. The molecule has 1 atom stereocenters. The lowest BCUT2D eigenvalue weighted by molar-refractivity contribution is -0.162. The average molecular weight is 167 g/mol. The van der Waals surface area contributed by atoms with E-state index in [9.17, 15) is 17.6 Å². The van der Waals surface area contributed by atoms with Gasteiger partial charge in [0.25, 0.3) is 0 Å². The van der Waals surface area contributed by atoms with E-state index in [0.29, 0.717) is 0 Å². The van der Waals surface area contributed by atoms with Crippen molar-refractivity contribution in [2.45, 2.75) is 13.1 Å². The molecule has 0 aliphatic heterocycles. The van der Waals surface area contributed by atoms with Gasteiger partial charge in [-0.1, -0.05) is 0 Å². The quantitative estimate of drug-likeness (QED) is 0.458. The molecule has 0 saturated heterocycles. The molecule has 0 aromatic carbocycles. The molecule has 0 saturated carbocycles. The van der Waals surface area contributed by atoms with Crippen molar-refractivity contribution in [3.63, 3.8) is 0 Å². The number of hydrogen-bond donors (Lipinski definition) is 1. The number of allylic oxidation sites excluding steroid dienone is 2. The summed E-state index contributed by atoms with van der Waals surface area (Å²) in [6, 6.07) is 0. The van der Waals surface area contributed by atoms with Gasteiger partial charge in [0.2, 0.25) is 0 Å². The van der Waals surface area contributed by atoms with Crippen molar-refractivity contribution >= 4 is 6.21 Å². The van der Waals surface area contributed by atoms with E-state index in [1.54, 1.807) is 0 Å². The molecule has 1 aliphatic carbocycles. The molecule has 5 heteroatoms. The van der Waals surface area contributed by atoms with Gasteiger partial charge in [-0.3, -0.25) is 0 Å². The Morgan fingerprint density at radius 2 is 1.82 bits per heavy atom. The van der Waals surface area contributed by atoms with E-state index in [1.165, 1.54) is 0 Å². The standard InChI is InChI=1S/C6H5F4N/c1-3-4(7)5(3,2-11)6(8,9)10/h2,11H,1H3. The zero-order valence-corrected chi connectivity index (χ0v) is 5.59. The highest BCUT2D eigenvalue weighted by Gasteiger charge is 2.68. The first-order valence-electron chi connectivity index (χ1n) is 2.83. The molecule has 0 fully saturated rings. The molecule has 1 nitrogen and oxygen atoms in total. The molecule has 0 aromatic rings. The zero-order valence-electron chi connectivity index (χ0n) is 5.59. The number of hydrogen-bond acceptors (Lipinski definition) is 1. The molecule has 11 heavy (non-hydrogen) atoms. The minimum absolute atomic E-state index is 0.0949. The van der Waals surface area contributed by atoms with Crippen LogP contribution in [0.4, 0.5) is 17.6 Å². The van der Waals surface area contributed by atoms with Crippen LogP contribution in [0.15, 0.2) is 11.4 Å². The lowest BCUT2D eigenvalue weighted by Crippen LogP contribution is -2.29. The van der Waals surface area contributed by atoms with Crippen LogP contribution in [0, 0.1) is 10.8 Å². The highest BCUT2D eigenvalue weighted by molar-refractivity contribution is 5.81. The lowest BCUT2D eigenvalue weighted by Gasteiger charge is -2.14. The van der Waals surface area contributed by atoms with E-state index in [-0.39, 0.29) is 6.21 Å². The molecular formula is C6H5F4N. The van der Waals surface area contributed by atoms with Crippen molar-refractivity contribution in [2.75, 3.05) is 0 Å². The first kappa shape index (κ1) is 8.23. The second-order valence-corrected chi connectivity index (χ2v) is 2.39. The number of nitrogens with one attached hydrogen (secondary N) is 1. The summed E-state index contributed by atoms with van der Waals surface area (Å²) in [5, 5.41) is 6.46. The number of alkyl halides is 3. The minimum Gasteiger partial charge on any atom is -0.311 e. The van der Waals surface area contributed by atoms with Crippen LogP contribution in [0.2, 0.25) is 0 Å². The van der Waals surface area contributed by atoms with E-state index >= 15 is 0 Å². The first-order valence-corrected chi connectivity index (χ1v) is 2.83. The topological polar surface area (TPSA) is 23.9 Å². The summed E-state index contributed by atoms with van der Waals surface area (Å²) >= 11 is 0. The Labute approximate surface area is 60.2 Å². The van der Waals surface area contributed by atoms with E-state index < -0.39 is 23.0 Å². The van der Waals surface area contributed by atoms with Gasteiger partial charge in [-0.05, 0) is 12.5 Å². The summed E-state index contributed by atoms with van der Waals surface area (Å²) in [5.41, 5.74) is -3.05. The van der Waals surface area contributed by atoms with Crippen LogP contribution < -0.4 is 0 Å². The second kappa shape index (κ2) is 1.84. The Hall–Kier alpha value is -0.870. The van der Waals surface area contributed by atoms with Crippen molar-refractivity contribution in [3.8, 4) is 0 Å². The predicted octanol–water partition coefficient (Wildman–Crippen LogP) is 2.44. The van der Waals surface area contributed by atoms with Crippen LogP contribution in [0.5, 0.6) is 0 Å². The Bertz CT molecular complexity index is 225. The molecule has 1 rings (SSSR count). The minimum atomic E-state index is -4.69. The van der Waals surface area contributed by atoms with Crippen molar-refractivity contribution in [1.82, 2.24) is 0 Å². The summed E-state index contributed by atoms with van der Waals surface area (Å²) in [6.45, 7) is 1.04. The van der Waals surface area contributed by atoms with Crippen LogP contribution in [0.25, 0.3) is 0 Å². The fourth-order valence-electron chi connectivity index (χ4n) is 0.977. The molecule has 0 aromatic heterocycles. The molecule has 62 valence electrons. The Morgan fingerprint density at radius 3 is 1.82 bits per heavy atom. The molecule has 1 N–H and O–H groups in total. The fourth-order valence-corrected chi connectivity index (χ4v) is 0.977. The average Bonchev–Trinajstić information content (AvgIpc) is 2.36. The van der Waals surface area contributed by atoms with Crippen molar-refractivity contribution < 1.29 is 17.6 Å². The Kier molecular flexibility index (Phi) is 1.37. The maximum Gasteiger partial charge on any atom is 0.409 e. The third-order valence-corrected chi connectivity index (χ3v) is 1.87. The zero-order chi connectivity index (χ0) is 8.86. The SMILES string of the molecule is CC1=C(F)C1(C=N)C(F)(F)F. The van der Waals surface area contributed by atoms with Crippen LogP contribution in [-0.2, 0) is 0 Å². The van der Waals surface area contributed by atoms with Crippen LogP contribution >= 0.6 is 0 Å². The highest BCUT2D eigenvalue weighted by Crippen LogP contribution is 2.61. The molecule has 0 spiro atoms. The maximum absolute atomic E-state index is 12.3. The number of halogens is 4. The first-order chi connectivity index (χ1) is 4.88. The van der Waals surface area contributed by atoms with Crippen molar-refractivity contribution in [2.24, 2.45) is 5.41 Å². The number of rotatable bonds is 1. The van der Waals surface area contributed by atoms with E-state index in [2.05, 4.69) is 0 Å². The summed E-state index contributed by atoms with van der Waals surface area (Å²) in [4.78, 5) is 0. The molecule has 0 bridgehead atoms. The van der Waals surface area contributed by atoms with Gasteiger partial charge in [0.1, 0.15) is 5.83 Å². The normalized spacial score (nSPS) is 30.6. The molecule has 0 heterocycles. The van der Waals surface area contributed by atoms with Gasteiger partial charge in [0, 0.05) is 6.21 Å². The maximum atomic E-state index is 12.3. The van der Waals surface area contributed by atoms with E-state index in [0.717, 1.165) is 6.92 Å². The highest BCUT2D eigenvalue weighted by atomic mass is 19.4. The Balaban J connectivity index is 2.96. The molecular weight excluding hydrogens is 162 g/mol. The van der Waals surface area contributed by atoms with Gasteiger partial charge >= 0.3 is 6.18 Å². The van der Waals surface area contributed by atoms with Crippen molar-refractivity contribution in [3.05, 3.63) is 11.4 Å². The van der Waals surface area contributed by atoms with E-state index in [4.69, 9.17) is 5.41 Å². The van der Waals surface area contributed by atoms with Crippen LogP contribution in [0.3, 0.4) is 0 Å². The van der Waals surface area contributed by atoms with Gasteiger partial charge in [0.05, 0.1) is 0 Å². The third-order valence-electron chi connectivity index (χ3n) is 1.87. The summed E-state index contributed by atoms with van der Waals surface area (Å²) < 4.78 is 48.2. The lowest BCUT2D eigenvalue weighted by atomic mass is 10.0. The summed E-state index contributed by atoms with van der Waals surface area (Å²) in [6.07, 6.45) is -4.60.